The van der Waals surface area contributed by atoms with Gasteiger partial charge in [0.25, 0.3) is 0 Å². The van der Waals surface area contributed by atoms with E-state index in [4.69, 9.17) is 5.11 Å². The summed E-state index contributed by atoms with van der Waals surface area (Å²) in [5.41, 5.74) is 7.45. The van der Waals surface area contributed by atoms with Crippen molar-refractivity contribution in [2.45, 2.75) is 20.8 Å². The number of hydrogen-bond donors (Lipinski definition) is 1. The fraction of sp³-hybridized carbons (Fsp3) is 0.0909. The predicted octanol–water partition coefficient (Wildman–Crippen LogP) is 9.31. The maximum atomic E-state index is 8.63. The van der Waals surface area contributed by atoms with Gasteiger partial charge < -0.3 is 5.11 Å². The minimum atomic E-state index is 0.322. The van der Waals surface area contributed by atoms with Crippen molar-refractivity contribution in [1.82, 2.24) is 0 Å². The molecule has 1 N–H and O–H groups in total. The number of aryl methyl sites for hydroxylation is 3. The van der Waals surface area contributed by atoms with E-state index in [1.807, 2.05) is 48.6 Å². The standard InChI is InChI=1S/3C9H10.C6H6O/c1-3-9-6-4-8(2)5-7-9;1-3-9-6-4-5-8(2)7-9;1-3-9-7-5-4-6-8(9)2;7-6-4-2-1-3-5-6/h3*3-7H,1H2,2H3;1-5,7H. The molecule has 0 saturated carbocycles. The molecule has 0 atom stereocenters. The minimum absolute atomic E-state index is 0.322. The van der Waals surface area contributed by atoms with E-state index in [9.17, 15) is 0 Å². The van der Waals surface area contributed by atoms with Crippen LogP contribution < -0.4 is 0 Å². The molecule has 34 heavy (non-hydrogen) atoms. The topological polar surface area (TPSA) is 20.2 Å². The Balaban J connectivity index is 0.000000228. The Morgan fingerprint density at radius 2 is 1.12 bits per heavy atom. The molecule has 1 heteroatoms. The van der Waals surface area contributed by atoms with Crippen LogP contribution in [0.15, 0.2) is 123 Å². The highest BCUT2D eigenvalue weighted by atomic mass is 16.3. The van der Waals surface area contributed by atoms with Crippen LogP contribution in [0.4, 0.5) is 0 Å². The average Bonchev–Trinajstić information content (AvgIpc) is 2.86. The predicted molar refractivity (Wildman–Crippen MR) is 152 cm³/mol. The van der Waals surface area contributed by atoms with Gasteiger partial charge in [-0.15, -0.1) is 0 Å². The average molecular weight is 449 g/mol. The zero-order chi connectivity index (χ0) is 25.2. The molecule has 4 aromatic carbocycles. The molecule has 0 fully saturated rings. The zero-order valence-electron chi connectivity index (χ0n) is 20.6. The number of benzene rings is 4. The maximum Gasteiger partial charge on any atom is 0.115 e. The number of hydrogen-bond acceptors (Lipinski definition) is 1. The van der Waals surface area contributed by atoms with Crippen molar-refractivity contribution in [2.75, 3.05) is 0 Å². The van der Waals surface area contributed by atoms with E-state index in [2.05, 4.69) is 89.0 Å². The SMILES string of the molecule is C=Cc1ccc(C)cc1.C=Cc1cccc(C)c1.C=Cc1ccccc1C.Oc1ccccc1. The molecule has 0 aliphatic carbocycles. The van der Waals surface area contributed by atoms with Gasteiger partial charge in [0.2, 0.25) is 0 Å². The van der Waals surface area contributed by atoms with Gasteiger partial charge in [0.1, 0.15) is 5.75 Å². The van der Waals surface area contributed by atoms with Crippen molar-refractivity contribution < 1.29 is 5.11 Å². The van der Waals surface area contributed by atoms with Crippen LogP contribution in [0.5, 0.6) is 5.75 Å². The van der Waals surface area contributed by atoms with Crippen LogP contribution in [0.25, 0.3) is 18.2 Å². The summed E-state index contributed by atoms with van der Waals surface area (Å²) in [6.45, 7) is 17.3. The summed E-state index contributed by atoms with van der Waals surface area (Å²) in [7, 11) is 0. The quantitative estimate of drug-likeness (QED) is 0.331. The Labute approximate surface area is 206 Å². The van der Waals surface area contributed by atoms with E-state index in [1.54, 1.807) is 24.3 Å². The highest BCUT2D eigenvalue weighted by Gasteiger charge is 1.87. The van der Waals surface area contributed by atoms with Gasteiger partial charge in [-0.1, -0.05) is 140 Å². The van der Waals surface area contributed by atoms with Crippen LogP contribution in [0.3, 0.4) is 0 Å². The smallest absolute Gasteiger partial charge is 0.115 e. The summed E-state index contributed by atoms with van der Waals surface area (Å²) < 4.78 is 0. The molecule has 0 saturated heterocycles. The fourth-order valence-corrected chi connectivity index (χ4v) is 2.74. The van der Waals surface area contributed by atoms with Crippen molar-refractivity contribution in [2.24, 2.45) is 0 Å². The Morgan fingerprint density at radius 3 is 1.53 bits per heavy atom. The third kappa shape index (κ3) is 12.1. The van der Waals surface area contributed by atoms with Crippen molar-refractivity contribution in [3.8, 4) is 5.75 Å². The van der Waals surface area contributed by atoms with Crippen LogP contribution in [0.2, 0.25) is 0 Å². The van der Waals surface area contributed by atoms with Crippen molar-refractivity contribution in [1.29, 1.82) is 0 Å². The Morgan fingerprint density at radius 1 is 0.529 bits per heavy atom. The van der Waals surface area contributed by atoms with E-state index in [0.717, 1.165) is 0 Å². The molecule has 0 aliphatic heterocycles. The Hall–Kier alpha value is -4.10. The number of aromatic hydroxyl groups is 1. The maximum absolute atomic E-state index is 8.63. The van der Waals surface area contributed by atoms with Gasteiger partial charge >= 0.3 is 0 Å². The first-order valence-corrected chi connectivity index (χ1v) is 11.2. The molecule has 1 nitrogen and oxygen atoms in total. The number of phenolic OH excluding ortho intramolecular Hbond substituents is 1. The van der Waals surface area contributed by atoms with Gasteiger partial charge in [0.05, 0.1) is 0 Å². The van der Waals surface area contributed by atoms with Crippen LogP contribution >= 0.6 is 0 Å². The molecule has 0 bridgehead atoms. The molecule has 174 valence electrons. The normalized spacial score (nSPS) is 8.91. The van der Waals surface area contributed by atoms with Gasteiger partial charge in [0.15, 0.2) is 0 Å². The van der Waals surface area contributed by atoms with E-state index in [1.165, 1.54) is 33.4 Å². The van der Waals surface area contributed by atoms with Crippen LogP contribution in [-0.2, 0) is 0 Å². The van der Waals surface area contributed by atoms with Crippen LogP contribution in [-0.4, -0.2) is 5.11 Å². The van der Waals surface area contributed by atoms with E-state index < -0.39 is 0 Å². The first-order valence-electron chi connectivity index (χ1n) is 11.2. The Kier molecular flexibility index (Phi) is 13.6. The largest absolute Gasteiger partial charge is 0.508 e. The molecule has 0 spiro atoms. The van der Waals surface area contributed by atoms with E-state index in [-0.39, 0.29) is 0 Å². The van der Waals surface area contributed by atoms with Gasteiger partial charge in [-0.2, -0.15) is 0 Å². The molecule has 0 radical (unpaired) electrons. The summed E-state index contributed by atoms with van der Waals surface area (Å²) in [5, 5.41) is 8.63. The second kappa shape index (κ2) is 16.5. The molecular formula is C33H36O. The third-order valence-electron chi connectivity index (χ3n) is 4.76. The molecular weight excluding hydrogens is 412 g/mol. The van der Waals surface area contributed by atoms with Gasteiger partial charge in [-0.3, -0.25) is 0 Å². The van der Waals surface area contributed by atoms with Crippen molar-refractivity contribution in [3.63, 3.8) is 0 Å². The highest BCUT2D eigenvalue weighted by molar-refractivity contribution is 5.51. The van der Waals surface area contributed by atoms with Gasteiger partial charge in [-0.25, -0.2) is 0 Å². The summed E-state index contributed by atoms with van der Waals surface area (Å²) in [6.07, 6.45) is 5.57. The lowest BCUT2D eigenvalue weighted by Crippen LogP contribution is -1.75. The monoisotopic (exact) mass is 448 g/mol. The highest BCUT2D eigenvalue weighted by Crippen LogP contribution is 2.07. The van der Waals surface area contributed by atoms with E-state index >= 15 is 0 Å². The molecule has 0 aliphatic rings. The molecule has 0 heterocycles. The van der Waals surface area contributed by atoms with Crippen molar-refractivity contribution >= 4 is 18.2 Å². The minimum Gasteiger partial charge on any atom is -0.508 e. The van der Waals surface area contributed by atoms with Crippen LogP contribution in [0.1, 0.15) is 33.4 Å². The third-order valence-corrected chi connectivity index (χ3v) is 4.76. The first-order chi connectivity index (χ1) is 16.4. The summed E-state index contributed by atoms with van der Waals surface area (Å²) in [6, 6.07) is 33.4. The lowest BCUT2D eigenvalue weighted by atomic mass is 10.1. The summed E-state index contributed by atoms with van der Waals surface area (Å²) in [4.78, 5) is 0. The zero-order valence-corrected chi connectivity index (χ0v) is 20.6. The fourth-order valence-electron chi connectivity index (χ4n) is 2.74. The van der Waals surface area contributed by atoms with Crippen LogP contribution in [0, 0.1) is 20.8 Å². The molecule has 0 aromatic heterocycles. The summed E-state index contributed by atoms with van der Waals surface area (Å²) >= 11 is 0. The second-order valence-corrected chi connectivity index (χ2v) is 7.63. The summed E-state index contributed by atoms with van der Waals surface area (Å²) in [5.74, 6) is 0.322. The lowest BCUT2D eigenvalue weighted by Gasteiger charge is -1.95. The Bertz CT molecular complexity index is 1120. The van der Waals surface area contributed by atoms with E-state index in [0.29, 0.717) is 5.75 Å². The lowest BCUT2D eigenvalue weighted by molar-refractivity contribution is 0.475. The number of para-hydroxylation sites is 1. The molecule has 0 unspecified atom stereocenters. The molecule has 4 aromatic rings. The number of phenols is 1. The number of rotatable bonds is 3. The van der Waals surface area contributed by atoms with Gasteiger partial charge in [-0.05, 0) is 55.2 Å². The molecule has 0 amide bonds. The second-order valence-electron chi connectivity index (χ2n) is 7.63. The van der Waals surface area contributed by atoms with Gasteiger partial charge in [0, 0.05) is 0 Å². The molecule has 4 rings (SSSR count). The first kappa shape index (κ1) is 27.9. The van der Waals surface area contributed by atoms with Crippen molar-refractivity contribution in [3.05, 3.63) is 156 Å².